The molecule has 4 aromatic rings. The Morgan fingerprint density at radius 3 is 2.34 bits per heavy atom. The average Bonchev–Trinajstić information content (AvgIpc) is 3.48. The Kier molecular flexibility index (Phi) is 10.3. The lowest BCUT2D eigenvalue weighted by Gasteiger charge is -2.44. The Morgan fingerprint density at radius 1 is 1.04 bits per heavy atom. The minimum Gasteiger partial charge on any atom is -0.508 e. The van der Waals surface area contributed by atoms with E-state index in [-0.39, 0.29) is 27.9 Å². The molecule has 248 valence electrons. The zero-order valence-corrected chi connectivity index (χ0v) is 27.8. The minimum atomic E-state index is -4.01. The van der Waals surface area contributed by atoms with Crippen LogP contribution in [0.3, 0.4) is 0 Å². The first-order valence-corrected chi connectivity index (χ1v) is 17.4. The molecule has 1 fully saturated rings. The summed E-state index contributed by atoms with van der Waals surface area (Å²) in [6.45, 7) is 3.67. The van der Waals surface area contributed by atoms with E-state index in [9.17, 15) is 27.5 Å². The van der Waals surface area contributed by atoms with Gasteiger partial charge in [-0.05, 0) is 92.4 Å². The number of piperidine rings is 1. The topological polar surface area (TPSA) is 139 Å². The van der Waals surface area contributed by atoms with Crippen LogP contribution in [0, 0.1) is 12.7 Å². The molecule has 3 atom stereocenters. The largest absolute Gasteiger partial charge is 0.508 e. The van der Waals surface area contributed by atoms with Gasteiger partial charge >= 0.3 is 16.1 Å². The summed E-state index contributed by atoms with van der Waals surface area (Å²) in [4.78, 5) is 29.9. The van der Waals surface area contributed by atoms with Gasteiger partial charge in [-0.1, -0.05) is 24.3 Å². The van der Waals surface area contributed by atoms with Crippen LogP contribution in [0.4, 0.5) is 14.9 Å². The van der Waals surface area contributed by atoms with Crippen molar-refractivity contribution in [2.75, 3.05) is 25.5 Å². The third kappa shape index (κ3) is 8.74. The molecule has 4 N–H and O–H groups in total. The number of quaternary nitrogens is 1. The molecular formula is C34H38FN4O6S2+. The summed E-state index contributed by atoms with van der Waals surface area (Å²) >= 11 is 1.10. The summed E-state index contributed by atoms with van der Waals surface area (Å²) in [5.41, 5.74) is 8.42. The number of likely N-dealkylation sites (N-methyl/N-ethyl adjacent to an activating group) is 1. The van der Waals surface area contributed by atoms with Crippen LogP contribution in [0.2, 0.25) is 0 Å². The number of amides is 3. The zero-order valence-electron chi connectivity index (χ0n) is 26.1. The zero-order chi connectivity index (χ0) is 33.8. The van der Waals surface area contributed by atoms with Crippen LogP contribution in [-0.4, -0.2) is 67.1 Å². The van der Waals surface area contributed by atoms with Crippen molar-refractivity contribution in [1.82, 2.24) is 4.90 Å². The van der Waals surface area contributed by atoms with Gasteiger partial charge in [0.1, 0.15) is 30.4 Å². The van der Waals surface area contributed by atoms with Gasteiger partial charge in [-0.15, -0.1) is 11.3 Å². The number of imide groups is 1. The molecular weight excluding hydrogens is 644 g/mol. The first-order chi connectivity index (χ1) is 22.3. The van der Waals surface area contributed by atoms with Crippen molar-refractivity contribution >= 4 is 39.1 Å². The molecule has 1 unspecified atom stereocenters. The van der Waals surface area contributed by atoms with Gasteiger partial charge in [0.05, 0.1) is 25.7 Å². The summed E-state index contributed by atoms with van der Waals surface area (Å²) in [5.74, 6) is -0.708. The van der Waals surface area contributed by atoms with Crippen molar-refractivity contribution in [2.45, 2.75) is 49.0 Å². The molecule has 13 heteroatoms. The van der Waals surface area contributed by atoms with Gasteiger partial charge in [-0.3, -0.25) is 9.69 Å². The van der Waals surface area contributed by atoms with Gasteiger partial charge < -0.3 is 24.8 Å². The number of rotatable bonds is 10. The number of carbonyl (C=O) groups is 2. The number of phenols is 1. The lowest BCUT2D eigenvalue weighted by molar-refractivity contribution is -0.928. The summed E-state index contributed by atoms with van der Waals surface area (Å²) < 4.78 is 44.7. The van der Waals surface area contributed by atoms with Crippen molar-refractivity contribution in [3.8, 4) is 11.5 Å². The Labute approximate surface area is 277 Å². The number of urea groups is 1. The monoisotopic (exact) mass is 681 g/mol. The van der Waals surface area contributed by atoms with Gasteiger partial charge in [-0.2, -0.15) is 8.42 Å². The second-order valence-corrected chi connectivity index (χ2v) is 15.2. The van der Waals surface area contributed by atoms with E-state index >= 15 is 0 Å². The van der Waals surface area contributed by atoms with Crippen LogP contribution in [0.1, 0.15) is 28.8 Å². The minimum absolute atomic E-state index is 0.0686. The lowest BCUT2D eigenvalue weighted by Crippen LogP contribution is -2.62. The number of likely N-dealkylation sites (tertiary alicyclic amines) is 1. The number of aromatic hydroxyl groups is 1. The van der Waals surface area contributed by atoms with Gasteiger partial charge in [-0.25, -0.2) is 9.18 Å². The van der Waals surface area contributed by atoms with Crippen molar-refractivity contribution in [3.05, 3.63) is 107 Å². The molecule has 3 amide bonds. The Balaban J connectivity index is 1.34. The van der Waals surface area contributed by atoms with E-state index in [4.69, 9.17) is 9.92 Å². The van der Waals surface area contributed by atoms with E-state index < -0.39 is 34.1 Å². The number of benzene rings is 3. The molecule has 1 aliphatic rings. The first-order valence-electron chi connectivity index (χ1n) is 15.2. The van der Waals surface area contributed by atoms with Crippen molar-refractivity contribution in [3.63, 3.8) is 0 Å². The smallest absolute Gasteiger partial charge is 0.348 e. The molecule has 0 bridgehead atoms. The fourth-order valence-corrected chi connectivity index (χ4v) is 8.05. The third-order valence-electron chi connectivity index (χ3n) is 8.17. The number of aryl methyl sites for hydroxylation is 1. The predicted molar refractivity (Wildman–Crippen MR) is 178 cm³/mol. The fraction of sp³-hybridized carbons (Fsp3) is 0.294. The van der Waals surface area contributed by atoms with Crippen LogP contribution >= 0.6 is 11.3 Å². The number of nitrogens with zero attached hydrogens (tertiary/aromatic N) is 2. The highest BCUT2D eigenvalue weighted by Crippen LogP contribution is 2.28. The number of anilines is 1. The fourth-order valence-electron chi connectivity index (χ4n) is 5.87. The Morgan fingerprint density at radius 2 is 1.70 bits per heavy atom. The third-order valence-corrected chi connectivity index (χ3v) is 10.9. The van der Waals surface area contributed by atoms with Crippen LogP contribution in [0.25, 0.3) is 0 Å². The molecule has 5 rings (SSSR count). The maximum atomic E-state index is 14.0. The molecule has 1 saturated heterocycles. The van der Waals surface area contributed by atoms with E-state index in [2.05, 4.69) is 12.4 Å². The molecule has 0 aliphatic carbocycles. The van der Waals surface area contributed by atoms with Gasteiger partial charge in [0.2, 0.25) is 5.91 Å². The normalized spacial score (nSPS) is 18.7. The number of nitrogens with two attached hydrogens (primary N) is 1. The summed E-state index contributed by atoms with van der Waals surface area (Å²) in [7, 11) is -1.96. The van der Waals surface area contributed by atoms with Gasteiger partial charge in [0.25, 0.3) is 0 Å². The van der Waals surface area contributed by atoms with Crippen LogP contribution in [0.15, 0.2) is 89.1 Å². The molecule has 1 aromatic heterocycles. The van der Waals surface area contributed by atoms with Crippen molar-refractivity contribution < 1.29 is 36.2 Å². The summed E-state index contributed by atoms with van der Waals surface area (Å²) in [5, 5.41) is 12.4. The van der Waals surface area contributed by atoms with E-state index in [0.717, 1.165) is 40.3 Å². The Bertz CT molecular complexity index is 1810. The van der Waals surface area contributed by atoms with Gasteiger partial charge in [0, 0.05) is 16.1 Å². The van der Waals surface area contributed by atoms with E-state index in [0.29, 0.717) is 29.7 Å². The molecule has 47 heavy (non-hydrogen) atoms. The second kappa shape index (κ2) is 14.2. The van der Waals surface area contributed by atoms with Crippen LogP contribution in [0.5, 0.6) is 11.5 Å². The lowest BCUT2D eigenvalue weighted by atomic mass is 9.98. The van der Waals surface area contributed by atoms with E-state index in [1.165, 1.54) is 59.5 Å². The number of hydrogen-bond acceptors (Lipinski definition) is 8. The molecule has 3 aromatic carbocycles. The van der Waals surface area contributed by atoms with Crippen molar-refractivity contribution in [1.29, 1.82) is 0 Å². The van der Waals surface area contributed by atoms with Crippen LogP contribution in [-0.2, 0) is 27.9 Å². The van der Waals surface area contributed by atoms with Crippen LogP contribution < -0.4 is 15.2 Å². The number of phenolic OH excluding ortho intramolecular Hbond substituents is 1. The highest BCUT2D eigenvalue weighted by molar-refractivity contribution is 7.89. The second-order valence-electron chi connectivity index (χ2n) is 12.1. The number of halogens is 1. The van der Waals surface area contributed by atoms with Gasteiger partial charge in [0.15, 0.2) is 4.21 Å². The quantitative estimate of drug-likeness (QED) is 0.150. The number of carbonyl (C=O) groups excluding carboxylic acids is 2. The highest BCUT2D eigenvalue weighted by Gasteiger charge is 2.41. The number of hydrogen-bond donors (Lipinski definition) is 3. The molecule has 0 radical (unpaired) electrons. The maximum absolute atomic E-state index is 14.0. The predicted octanol–water partition coefficient (Wildman–Crippen LogP) is 5.41. The summed E-state index contributed by atoms with van der Waals surface area (Å²) in [6, 6.07) is 19.5. The number of thiophene rings is 1. The SMILES string of the molecule is Cc1ccc(S(=O)(=O)Oc2ccc(NC(=O)N(C(=O)[C@@H](N)Cc3ccc(O)cc3)[C@H]3CCC[N+](C)(Cc4ccc(F)cc4)C3)cc2)s1. The Hall–Kier alpha value is -4.30. The molecule has 10 nitrogen and oxygen atoms in total. The van der Waals surface area contributed by atoms with Crippen molar-refractivity contribution in [2.24, 2.45) is 5.73 Å². The highest BCUT2D eigenvalue weighted by atomic mass is 32.3. The van der Waals surface area contributed by atoms with E-state index in [1.807, 2.05) is 0 Å². The molecule has 2 heterocycles. The molecule has 0 spiro atoms. The average molecular weight is 682 g/mol. The summed E-state index contributed by atoms with van der Waals surface area (Å²) in [6.07, 6.45) is 1.48. The molecule has 0 saturated carbocycles. The standard InChI is InChI=1S/C34H37FN4O6S2/c1-23-5-18-32(46-23)47(43,44)45-30-16-12-27(13-17-30)37-34(42)38(33(41)31(36)20-24-8-14-29(40)15-9-24)28-4-3-19-39(2,22-28)21-25-6-10-26(35)11-7-25/h5-18,28,31H,3-4,19-22,36H2,1-2H3,(H-,37,40,42)/p+1/t28-,31-,39?/m0/s1. The van der Waals surface area contributed by atoms with E-state index in [1.54, 1.807) is 37.3 Å². The number of nitrogens with one attached hydrogen (secondary N) is 1. The first kappa shape index (κ1) is 34.0. The molecule has 1 aliphatic heterocycles. The maximum Gasteiger partial charge on any atom is 0.348 e.